The Morgan fingerprint density at radius 1 is 1.11 bits per heavy atom. The summed E-state index contributed by atoms with van der Waals surface area (Å²) in [4.78, 5) is 24.6. The summed E-state index contributed by atoms with van der Waals surface area (Å²) in [5.41, 5.74) is 0.952. The van der Waals surface area contributed by atoms with Crippen molar-refractivity contribution in [2.45, 2.75) is 18.7 Å². The topological polar surface area (TPSA) is 110 Å². The minimum Gasteiger partial charge on any atom is -0.372 e. The number of sulfone groups is 1. The summed E-state index contributed by atoms with van der Waals surface area (Å²) in [5.74, 6) is -0.626. The van der Waals surface area contributed by atoms with Crippen molar-refractivity contribution in [1.82, 2.24) is 0 Å². The zero-order valence-corrected chi connectivity index (χ0v) is 16.1. The van der Waals surface area contributed by atoms with Gasteiger partial charge in [0.1, 0.15) is 0 Å². The van der Waals surface area contributed by atoms with Crippen LogP contribution in [0.1, 0.15) is 24.2 Å². The molecular formula is C18H21N3O5S. The summed E-state index contributed by atoms with van der Waals surface area (Å²) >= 11 is 0. The van der Waals surface area contributed by atoms with Crippen molar-refractivity contribution in [2.75, 3.05) is 29.6 Å². The molecule has 144 valence electrons. The molecule has 0 bridgehead atoms. The predicted molar refractivity (Wildman–Crippen MR) is 104 cm³/mol. The van der Waals surface area contributed by atoms with Crippen molar-refractivity contribution >= 4 is 32.8 Å². The van der Waals surface area contributed by atoms with Crippen LogP contribution in [0.2, 0.25) is 0 Å². The Labute approximate surface area is 157 Å². The fourth-order valence-electron chi connectivity index (χ4n) is 2.58. The minimum absolute atomic E-state index is 0.0996. The lowest BCUT2D eigenvalue weighted by Gasteiger charge is -2.21. The standard InChI is InChI=1S/C18H21N3O5S/c1-4-20(5-2)15-8-6-14(7-9-15)19-18(22)13-10-16(21(23)24)12-17(11-13)27(3,25)26/h6-12H,4-5H2,1-3H3,(H,19,22). The molecule has 2 aromatic rings. The lowest BCUT2D eigenvalue weighted by Crippen LogP contribution is -2.21. The third-order valence-corrected chi connectivity index (χ3v) is 5.14. The highest BCUT2D eigenvalue weighted by molar-refractivity contribution is 7.90. The van der Waals surface area contributed by atoms with E-state index in [1.165, 1.54) is 0 Å². The third-order valence-electron chi connectivity index (χ3n) is 4.05. The number of non-ortho nitro benzene ring substituents is 1. The van der Waals surface area contributed by atoms with Crippen LogP contribution < -0.4 is 10.2 Å². The molecule has 27 heavy (non-hydrogen) atoms. The van der Waals surface area contributed by atoms with Gasteiger partial charge in [-0.05, 0) is 44.2 Å². The molecule has 0 aliphatic rings. The average molecular weight is 391 g/mol. The average Bonchev–Trinajstić information content (AvgIpc) is 2.63. The van der Waals surface area contributed by atoms with Gasteiger partial charge < -0.3 is 10.2 Å². The summed E-state index contributed by atoms with van der Waals surface area (Å²) in [5, 5.41) is 13.7. The second kappa shape index (κ2) is 8.17. The van der Waals surface area contributed by atoms with Gasteiger partial charge >= 0.3 is 0 Å². The number of nitrogens with one attached hydrogen (secondary N) is 1. The zero-order chi connectivity index (χ0) is 20.2. The number of hydrogen-bond donors (Lipinski definition) is 1. The highest BCUT2D eigenvalue weighted by Crippen LogP contribution is 2.23. The molecule has 0 fully saturated rings. The van der Waals surface area contributed by atoms with Crippen LogP contribution in [0.5, 0.6) is 0 Å². The van der Waals surface area contributed by atoms with Crippen LogP contribution in [0.15, 0.2) is 47.4 Å². The van der Waals surface area contributed by atoms with E-state index in [-0.39, 0.29) is 10.5 Å². The second-order valence-electron chi connectivity index (χ2n) is 5.92. The van der Waals surface area contributed by atoms with E-state index in [0.717, 1.165) is 43.2 Å². The van der Waals surface area contributed by atoms with Crippen molar-refractivity contribution in [2.24, 2.45) is 0 Å². The van der Waals surface area contributed by atoms with Gasteiger partial charge in [0, 0.05) is 48.4 Å². The van der Waals surface area contributed by atoms with Gasteiger partial charge in [-0.2, -0.15) is 0 Å². The number of carbonyl (C=O) groups excluding carboxylic acids is 1. The van der Waals surface area contributed by atoms with Crippen molar-refractivity contribution in [1.29, 1.82) is 0 Å². The van der Waals surface area contributed by atoms with Gasteiger partial charge in [-0.1, -0.05) is 0 Å². The molecule has 0 saturated heterocycles. The minimum atomic E-state index is -3.70. The van der Waals surface area contributed by atoms with Gasteiger partial charge in [-0.3, -0.25) is 14.9 Å². The Balaban J connectivity index is 2.30. The fraction of sp³-hybridized carbons (Fsp3) is 0.278. The first-order chi connectivity index (χ1) is 12.7. The first-order valence-corrected chi connectivity index (χ1v) is 10.2. The molecule has 2 rings (SSSR count). The normalized spacial score (nSPS) is 11.1. The maximum atomic E-state index is 12.5. The number of benzene rings is 2. The first kappa shape index (κ1) is 20.4. The van der Waals surface area contributed by atoms with Gasteiger partial charge in [0.2, 0.25) is 0 Å². The van der Waals surface area contributed by atoms with Crippen LogP contribution in [0.25, 0.3) is 0 Å². The molecule has 0 unspecified atom stereocenters. The van der Waals surface area contributed by atoms with Crippen LogP contribution in [0.3, 0.4) is 0 Å². The number of hydrogen-bond acceptors (Lipinski definition) is 6. The SMILES string of the molecule is CCN(CC)c1ccc(NC(=O)c2cc([N+](=O)[O-])cc(S(C)(=O)=O)c2)cc1. The van der Waals surface area contributed by atoms with Gasteiger partial charge in [0.15, 0.2) is 9.84 Å². The highest BCUT2D eigenvalue weighted by atomic mass is 32.2. The number of amides is 1. The van der Waals surface area contributed by atoms with Gasteiger partial charge in [-0.15, -0.1) is 0 Å². The third kappa shape index (κ3) is 5.04. The molecule has 0 atom stereocenters. The quantitative estimate of drug-likeness (QED) is 0.574. The highest BCUT2D eigenvalue weighted by Gasteiger charge is 2.19. The molecule has 0 radical (unpaired) electrons. The molecule has 0 heterocycles. The molecule has 0 aliphatic carbocycles. The Hall–Kier alpha value is -2.94. The Morgan fingerprint density at radius 2 is 1.70 bits per heavy atom. The maximum Gasteiger partial charge on any atom is 0.271 e. The molecule has 0 aliphatic heterocycles. The smallest absolute Gasteiger partial charge is 0.271 e. The number of rotatable bonds is 7. The molecule has 1 N–H and O–H groups in total. The van der Waals surface area contributed by atoms with E-state index in [2.05, 4.69) is 10.2 Å². The lowest BCUT2D eigenvalue weighted by atomic mass is 10.1. The monoisotopic (exact) mass is 391 g/mol. The maximum absolute atomic E-state index is 12.5. The molecule has 2 aromatic carbocycles. The predicted octanol–water partition coefficient (Wildman–Crippen LogP) is 3.10. The van der Waals surface area contributed by atoms with E-state index >= 15 is 0 Å². The van der Waals surface area contributed by atoms with Crippen LogP contribution in [-0.4, -0.2) is 38.6 Å². The van der Waals surface area contributed by atoms with Gasteiger partial charge in [0.05, 0.1) is 9.82 Å². The number of nitro benzene ring substituents is 1. The molecule has 0 aromatic heterocycles. The Bertz CT molecular complexity index is 951. The van der Waals surface area contributed by atoms with Crippen LogP contribution in [0, 0.1) is 10.1 Å². The summed E-state index contributed by atoms with van der Waals surface area (Å²) < 4.78 is 23.5. The molecule has 0 saturated carbocycles. The number of anilines is 2. The zero-order valence-electron chi connectivity index (χ0n) is 15.3. The van der Waals surface area contributed by atoms with E-state index in [1.807, 2.05) is 26.0 Å². The lowest BCUT2D eigenvalue weighted by molar-refractivity contribution is -0.385. The van der Waals surface area contributed by atoms with E-state index in [0.29, 0.717) is 5.69 Å². The van der Waals surface area contributed by atoms with Crippen molar-refractivity contribution in [3.8, 4) is 0 Å². The van der Waals surface area contributed by atoms with Crippen molar-refractivity contribution in [3.05, 3.63) is 58.1 Å². The van der Waals surface area contributed by atoms with E-state index in [1.54, 1.807) is 12.1 Å². The summed E-state index contributed by atoms with van der Waals surface area (Å²) in [7, 11) is -3.70. The van der Waals surface area contributed by atoms with E-state index in [4.69, 9.17) is 0 Å². The first-order valence-electron chi connectivity index (χ1n) is 8.31. The van der Waals surface area contributed by atoms with Gasteiger partial charge in [0.25, 0.3) is 11.6 Å². The van der Waals surface area contributed by atoms with Crippen LogP contribution in [0.4, 0.5) is 17.1 Å². The van der Waals surface area contributed by atoms with E-state index < -0.39 is 26.4 Å². The Kier molecular flexibility index (Phi) is 6.17. The summed E-state index contributed by atoms with van der Waals surface area (Å²) in [6.07, 6.45) is 0.930. The fourth-order valence-corrected chi connectivity index (χ4v) is 3.26. The Morgan fingerprint density at radius 3 is 2.19 bits per heavy atom. The second-order valence-corrected chi connectivity index (χ2v) is 7.93. The summed E-state index contributed by atoms with van der Waals surface area (Å²) in [6, 6.07) is 10.3. The number of nitro groups is 1. The largest absolute Gasteiger partial charge is 0.372 e. The molecular weight excluding hydrogens is 370 g/mol. The number of nitrogens with zero attached hydrogens (tertiary/aromatic N) is 2. The molecule has 0 spiro atoms. The van der Waals surface area contributed by atoms with Crippen molar-refractivity contribution in [3.63, 3.8) is 0 Å². The number of carbonyl (C=O) groups is 1. The van der Waals surface area contributed by atoms with Crippen LogP contribution in [-0.2, 0) is 9.84 Å². The van der Waals surface area contributed by atoms with E-state index in [9.17, 15) is 23.3 Å². The van der Waals surface area contributed by atoms with Gasteiger partial charge in [-0.25, -0.2) is 8.42 Å². The summed E-state index contributed by atoms with van der Waals surface area (Å²) in [6.45, 7) is 5.79. The molecule has 1 amide bonds. The molecule has 8 nitrogen and oxygen atoms in total. The molecule has 9 heteroatoms. The van der Waals surface area contributed by atoms with Crippen molar-refractivity contribution < 1.29 is 18.1 Å². The van der Waals surface area contributed by atoms with Crippen LogP contribution >= 0.6 is 0 Å².